The summed E-state index contributed by atoms with van der Waals surface area (Å²) in [5.74, 6) is 4.78. The van der Waals surface area contributed by atoms with Gasteiger partial charge in [0.25, 0.3) is 0 Å². The van der Waals surface area contributed by atoms with E-state index in [9.17, 15) is 4.79 Å². The highest BCUT2D eigenvalue weighted by Crippen LogP contribution is 2.69. The summed E-state index contributed by atoms with van der Waals surface area (Å²) in [5, 5.41) is 0. The minimum Gasteiger partial charge on any atom is -0.366 e. The van der Waals surface area contributed by atoms with E-state index in [0.29, 0.717) is 17.6 Å². The van der Waals surface area contributed by atoms with Gasteiger partial charge in [0.15, 0.2) is 5.78 Å². The lowest BCUT2D eigenvalue weighted by Crippen LogP contribution is -2.53. The normalized spacial score (nSPS) is 54.2. The van der Waals surface area contributed by atoms with Crippen molar-refractivity contribution in [3.8, 4) is 0 Å². The predicted molar refractivity (Wildman–Crippen MR) is 99.0 cm³/mol. The van der Waals surface area contributed by atoms with Crippen LogP contribution in [0.4, 0.5) is 0 Å². The topological polar surface area (TPSA) is 26.3 Å². The van der Waals surface area contributed by atoms with E-state index in [2.05, 4.69) is 32.9 Å². The summed E-state index contributed by atoms with van der Waals surface area (Å²) in [7, 11) is 0. The van der Waals surface area contributed by atoms with Gasteiger partial charge in [0, 0.05) is 11.8 Å². The third kappa shape index (κ3) is 1.93. The van der Waals surface area contributed by atoms with Gasteiger partial charge < -0.3 is 4.74 Å². The first-order valence-electron chi connectivity index (χ1n) is 10.5. The molecule has 2 nitrogen and oxygen atoms in total. The maximum absolute atomic E-state index is 11.9. The molecule has 136 valence electrons. The van der Waals surface area contributed by atoms with E-state index in [4.69, 9.17) is 4.74 Å². The number of carbonyl (C=O) groups is 1. The van der Waals surface area contributed by atoms with Gasteiger partial charge in [0.1, 0.15) is 0 Å². The molecule has 0 N–H and O–H groups in total. The molecule has 0 saturated heterocycles. The molecule has 3 saturated carbocycles. The van der Waals surface area contributed by atoms with Gasteiger partial charge in [-0.2, -0.15) is 0 Å². The molecule has 1 aliphatic heterocycles. The second kappa shape index (κ2) is 5.31. The first-order chi connectivity index (χ1) is 12.0. The zero-order valence-electron chi connectivity index (χ0n) is 16.0. The van der Waals surface area contributed by atoms with Gasteiger partial charge in [0.05, 0.1) is 12.2 Å². The van der Waals surface area contributed by atoms with Gasteiger partial charge in [-0.05, 0) is 73.7 Å². The maximum Gasteiger partial charge on any atom is 0.155 e. The number of ether oxygens (including phenoxy) is 1. The van der Waals surface area contributed by atoms with Crippen LogP contribution in [0.5, 0.6) is 0 Å². The van der Waals surface area contributed by atoms with Crippen LogP contribution in [0.25, 0.3) is 0 Å². The van der Waals surface area contributed by atoms with E-state index in [0.717, 1.165) is 49.5 Å². The molecular formula is C23H32O2. The van der Waals surface area contributed by atoms with Crippen LogP contribution >= 0.6 is 0 Å². The van der Waals surface area contributed by atoms with E-state index in [-0.39, 0.29) is 11.0 Å². The van der Waals surface area contributed by atoms with Crippen LogP contribution in [0.3, 0.4) is 0 Å². The summed E-state index contributed by atoms with van der Waals surface area (Å²) in [6.07, 6.45) is 13.7. The standard InChI is InChI=1S/C23H32O2/c1-14-15(2)23(10-4-12-25-23)22(3)11-9-19-18-8-6-17(24)13-16(18)5-7-20(19)21(14)22/h4,10,13-15,18-21H,5-9,11-12H2,1-3H3/t14?,15?,18?,19?,20?,21?,22?,23-/m0/s1. The molecule has 4 aliphatic carbocycles. The van der Waals surface area contributed by atoms with Crippen molar-refractivity contribution in [1.82, 2.24) is 0 Å². The molecule has 0 radical (unpaired) electrons. The number of fused-ring (bicyclic) bond motifs is 6. The third-order valence-electron chi connectivity index (χ3n) is 9.26. The first kappa shape index (κ1) is 16.3. The lowest BCUT2D eigenvalue weighted by molar-refractivity contribution is -0.124. The number of hydrogen-bond donors (Lipinski definition) is 0. The highest BCUT2D eigenvalue weighted by molar-refractivity contribution is 5.91. The van der Waals surface area contributed by atoms with Crippen LogP contribution in [0.1, 0.15) is 59.3 Å². The molecule has 0 amide bonds. The highest BCUT2D eigenvalue weighted by Gasteiger charge is 2.68. The van der Waals surface area contributed by atoms with E-state index >= 15 is 0 Å². The van der Waals surface area contributed by atoms with Gasteiger partial charge in [-0.1, -0.05) is 38.5 Å². The molecule has 0 aromatic rings. The van der Waals surface area contributed by atoms with Crippen LogP contribution < -0.4 is 0 Å². The van der Waals surface area contributed by atoms with E-state index in [1.165, 1.54) is 24.8 Å². The largest absolute Gasteiger partial charge is 0.366 e. The Bertz CT molecular complexity index is 661. The monoisotopic (exact) mass is 340 g/mol. The quantitative estimate of drug-likeness (QED) is 0.584. The van der Waals surface area contributed by atoms with Crippen molar-refractivity contribution in [3.05, 3.63) is 23.8 Å². The zero-order chi connectivity index (χ0) is 17.4. The molecule has 25 heavy (non-hydrogen) atoms. The molecule has 7 unspecified atom stereocenters. The number of rotatable bonds is 0. The summed E-state index contributed by atoms with van der Waals surface area (Å²) in [6.45, 7) is 8.27. The summed E-state index contributed by atoms with van der Waals surface area (Å²) >= 11 is 0. The molecule has 0 bridgehead atoms. The van der Waals surface area contributed by atoms with Crippen LogP contribution in [0.15, 0.2) is 23.8 Å². The minimum atomic E-state index is -0.0271. The number of ketones is 1. The molecule has 1 spiro atoms. The van der Waals surface area contributed by atoms with E-state index in [1.807, 2.05) is 6.08 Å². The van der Waals surface area contributed by atoms with Crippen LogP contribution in [0.2, 0.25) is 0 Å². The van der Waals surface area contributed by atoms with Crippen molar-refractivity contribution in [2.45, 2.75) is 64.9 Å². The summed E-state index contributed by atoms with van der Waals surface area (Å²) in [5.41, 5.74) is 1.75. The highest BCUT2D eigenvalue weighted by atomic mass is 16.5. The Hall–Kier alpha value is -0.890. The molecule has 0 aromatic heterocycles. The fourth-order valence-corrected chi connectivity index (χ4v) is 8.17. The minimum absolute atomic E-state index is 0.0271. The molecule has 3 fully saturated rings. The fourth-order valence-electron chi connectivity index (χ4n) is 8.17. The Morgan fingerprint density at radius 2 is 1.96 bits per heavy atom. The van der Waals surface area contributed by atoms with Gasteiger partial charge >= 0.3 is 0 Å². The first-order valence-corrected chi connectivity index (χ1v) is 10.5. The summed E-state index contributed by atoms with van der Waals surface area (Å²) < 4.78 is 6.49. The Morgan fingerprint density at radius 1 is 1.12 bits per heavy atom. The number of allylic oxidation sites excluding steroid dienone is 1. The Labute approximate surface area is 152 Å². The Kier molecular flexibility index (Phi) is 3.46. The van der Waals surface area contributed by atoms with Crippen molar-refractivity contribution in [1.29, 1.82) is 0 Å². The average molecular weight is 341 g/mol. The van der Waals surface area contributed by atoms with Gasteiger partial charge in [-0.3, -0.25) is 4.79 Å². The van der Waals surface area contributed by atoms with Gasteiger partial charge in [0.2, 0.25) is 0 Å². The number of hydrogen-bond acceptors (Lipinski definition) is 2. The van der Waals surface area contributed by atoms with E-state index < -0.39 is 0 Å². The molecule has 8 atom stereocenters. The average Bonchev–Trinajstić information content (AvgIpc) is 3.16. The second-order valence-electron chi connectivity index (χ2n) is 9.83. The van der Waals surface area contributed by atoms with Crippen LogP contribution in [0, 0.1) is 40.9 Å². The van der Waals surface area contributed by atoms with Crippen molar-refractivity contribution < 1.29 is 9.53 Å². The predicted octanol–water partition coefficient (Wildman–Crippen LogP) is 4.95. The van der Waals surface area contributed by atoms with Gasteiger partial charge in [-0.25, -0.2) is 0 Å². The van der Waals surface area contributed by atoms with Crippen molar-refractivity contribution >= 4 is 5.78 Å². The van der Waals surface area contributed by atoms with Gasteiger partial charge in [-0.15, -0.1) is 0 Å². The fraction of sp³-hybridized carbons (Fsp3) is 0.783. The van der Waals surface area contributed by atoms with Crippen LogP contribution in [-0.4, -0.2) is 18.0 Å². The van der Waals surface area contributed by atoms with Crippen molar-refractivity contribution in [3.63, 3.8) is 0 Å². The molecule has 0 aromatic carbocycles. The molecule has 5 rings (SSSR count). The molecular weight excluding hydrogens is 308 g/mol. The molecule has 5 aliphatic rings. The molecule has 2 heteroatoms. The molecule has 1 heterocycles. The van der Waals surface area contributed by atoms with Crippen molar-refractivity contribution in [2.24, 2.45) is 40.9 Å². The smallest absolute Gasteiger partial charge is 0.155 e. The third-order valence-corrected chi connectivity index (χ3v) is 9.26. The van der Waals surface area contributed by atoms with Crippen LogP contribution in [-0.2, 0) is 9.53 Å². The Balaban J connectivity index is 1.53. The lowest BCUT2D eigenvalue weighted by Gasteiger charge is -2.56. The number of carbonyl (C=O) groups excluding carboxylic acids is 1. The SMILES string of the molecule is CC1C2C3CCC4=CC(=O)CCC4C3CCC2(C)[C@]2(C=CCO2)C1C. The summed E-state index contributed by atoms with van der Waals surface area (Å²) in [4.78, 5) is 11.9. The maximum atomic E-state index is 11.9. The van der Waals surface area contributed by atoms with Crippen molar-refractivity contribution in [2.75, 3.05) is 6.61 Å². The second-order valence-corrected chi connectivity index (χ2v) is 9.83. The Morgan fingerprint density at radius 3 is 2.72 bits per heavy atom. The summed E-state index contributed by atoms with van der Waals surface area (Å²) in [6, 6.07) is 0. The zero-order valence-corrected chi connectivity index (χ0v) is 16.0. The lowest BCUT2D eigenvalue weighted by atomic mass is 9.50. The van der Waals surface area contributed by atoms with E-state index in [1.54, 1.807) is 0 Å².